The highest BCUT2D eigenvalue weighted by atomic mass is 16.6. The van der Waals surface area contributed by atoms with E-state index in [1.54, 1.807) is 46.9 Å². The van der Waals surface area contributed by atoms with E-state index in [2.05, 4.69) is 16.1 Å². The Labute approximate surface area is 340 Å². The van der Waals surface area contributed by atoms with Gasteiger partial charge >= 0.3 is 11.9 Å². The Morgan fingerprint density at radius 2 is 1.70 bits per heavy atom. The summed E-state index contributed by atoms with van der Waals surface area (Å²) in [7, 11) is 1.71. The summed E-state index contributed by atoms with van der Waals surface area (Å²) in [5, 5.41) is 18.0. The van der Waals surface area contributed by atoms with E-state index in [9.17, 15) is 29.1 Å². The molecule has 5 unspecified atom stereocenters. The predicted molar refractivity (Wildman–Crippen MR) is 223 cm³/mol. The second-order valence-corrected chi connectivity index (χ2v) is 16.2. The molecular formula is C45H68N4O8. The number of hydrogen-bond donors (Lipinski definition) is 4. The van der Waals surface area contributed by atoms with Gasteiger partial charge in [0.05, 0.1) is 12.1 Å². The predicted octanol–water partition coefficient (Wildman–Crippen LogP) is 5.71. The highest BCUT2D eigenvalue weighted by Gasteiger charge is 2.35. The number of likely N-dealkylation sites (N-methyl/N-ethyl adjacent to an activating group) is 1. The first-order valence-electron chi connectivity index (χ1n) is 20.3. The summed E-state index contributed by atoms with van der Waals surface area (Å²) in [4.78, 5) is 64.8. The molecule has 0 bridgehead atoms. The average Bonchev–Trinajstić information content (AvgIpc) is 3.16. The lowest BCUT2D eigenvalue weighted by molar-refractivity contribution is -0.156. The van der Waals surface area contributed by atoms with E-state index in [-0.39, 0.29) is 36.0 Å². The molecule has 1 fully saturated rings. The second-order valence-electron chi connectivity index (χ2n) is 16.2. The molecular weight excluding hydrogens is 725 g/mol. The number of carbonyl (C=O) groups excluding carboxylic acids is 5. The van der Waals surface area contributed by atoms with Crippen molar-refractivity contribution < 1.29 is 38.6 Å². The number of aldehydes is 1. The minimum absolute atomic E-state index is 0.00532. The van der Waals surface area contributed by atoms with Crippen LogP contribution in [-0.2, 0) is 39.9 Å². The van der Waals surface area contributed by atoms with Gasteiger partial charge in [-0.25, -0.2) is 10.2 Å². The third-order valence-electron chi connectivity index (χ3n) is 9.72. The van der Waals surface area contributed by atoms with Crippen LogP contribution in [-0.4, -0.2) is 89.7 Å². The minimum atomic E-state index is -0.876. The molecule has 0 aromatic heterocycles. The quantitative estimate of drug-likeness (QED) is 0.0495. The number of aliphatic hydroxyl groups excluding tert-OH is 1. The van der Waals surface area contributed by atoms with Crippen LogP contribution in [0, 0.1) is 17.8 Å². The standard InChI is InChI=1S/C45H68N4O8/c1-10-20-35(30-50)41(52)33(5)21-14-11-12-17-26-38(32(4)22-18-27-39(51)57-45(6,7)8)56-44(55)36-25-19-28-49(48-36)43(54)37(29-34-23-15-13-16-24-34)47-42(53)40(46-9)31(2)3/h11-18,22-24,27,30-31,33,35-38,40-41,46,48,52H,10,19-21,25-26,28-29H2,1-9H3,(H,47,53)/b14-11+,17-12+,27-18+,32-22+/t33?,35-,36?,37?,38-,40?,41?/m0/s1. The maximum atomic E-state index is 14.0. The molecule has 0 radical (unpaired) electrons. The van der Waals surface area contributed by atoms with Crippen LogP contribution in [0.4, 0.5) is 0 Å². The third kappa shape index (κ3) is 17.7. The summed E-state index contributed by atoms with van der Waals surface area (Å²) in [5.41, 5.74) is 4.01. The van der Waals surface area contributed by atoms with Crippen LogP contribution < -0.4 is 16.1 Å². The van der Waals surface area contributed by atoms with Crippen molar-refractivity contribution in [2.45, 2.75) is 136 Å². The number of carbonyl (C=O) groups is 5. The topological polar surface area (TPSA) is 163 Å². The molecule has 316 valence electrons. The van der Waals surface area contributed by atoms with Gasteiger partial charge in [-0.2, -0.15) is 0 Å². The lowest BCUT2D eigenvalue weighted by atomic mass is 9.88. The van der Waals surface area contributed by atoms with Crippen LogP contribution in [0.5, 0.6) is 0 Å². The largest absolute Gasteiger partial charge is 0.457 e. The zero-order valence-corrected chi connectivity index (χ0v) is 35.5. The Morgan fingerprint density at radius 1 is 1.04 bits per heavy atom. The Morgan fingerprint density at radius 3 is 2.30 bits per heavy atom. The summed E-state index contributed by atoms with van der Waals surface area (Å²) in [6.45, 7) is 15.3. The average molecular weight is 793 g/mol. The summed E-state index contributed by atoms with van der Waals surface area (Å²) < 4.78 is 11.4. The van der Waals surface area contributed by atoms with Crippen LogP contribution in [0.2, 0.25) is 0 Å². The van der Waals surface area contributed by atoms with Crippen LogP contribution in [0.3, 0.4) is 0 Å². The van der Waals surface area contributed by atoms with Crippen molar-refractivity contribution in [1.82, 2.24) is 21.1 Å². The van der Waals surface area contributed by atoms with Gasteiger partial charge < -0.3 is 30.0 Å². The smallest absolute Gasteiger partial charge is 0.331 e. The van der Waals surface area contributed by atoms with Gasteiger partial charge in [-0.05, 0) is 83.4 Å². The summed E-state index contributed by atoms with van der Waals surface area (Å²) in [5.74, 6) is -2.16. The minimum Gasteiger partial charge on any atom is -0.457 e. The number of hydrazine groups is 1. The van der Waals surface area contributed by atoms with Gasteiger partial charge in [0.1, 0.15) is 30.1 Å². The number of amides is 2. The molecule has 0 saturated carbocycles. The van der Waals surface area contributed by atoms with E-state index in [4.69, 9.17) is 9.47 Å². The molecule has 1 aliphatic rings. The zero-order chi connectivity index (χ0) is 42.5. The van der Waals surface area contributed by atoms with E-state index in [1.807, 2.05) is 82.3 Å². The maximum Gasteiger partial charge on any atom is 0.331 e. The van der Waals surface area contributed by atoms with Crippen molar-refractivity contribution in [3.05, 3.63) is 84.0 Å². The molecule has 1 heterocycles. The number of esters is 2. The molecule has 1 aromatic carbocycles. The SMILES string of the molecule is CCC[C@@H](C=O)C(O)C(C)C/C=C/C=C/C[C@H](OC(=O)C1CCCN(C(=O)C(Cc2ccccc2)NC(=O)C(NC)C(C)C)N1)/C(C)=C/C=C/C(=O)OC(C)(C)C. The Kier molecular flexibility index (Phi) is 21.4. The van der Waals surface area contributed by atoms with E-state index in [1.165, 1.54) is 11.1 Å². The molecule has 0 spiro atoms. The molecule has 1 saturated heterocycles. The monoisotopic (exact) mass is 793 g/mol. The molecule has 1 aromatic rings. The highest BCUT2D eigenvalue weighted by Crippen LogP contribution is 2.21. The Hall–Kier alpha value is -4.39. The van der Waals surface area contributed by atoms with Crippen molar-refractivity contribution >= 4 is 30.0 Å². The number of ether oxygens (including phenoxy) is 2. The van der Waals surface area contributed by atoms with Gasteiger partial charge in [0, 0.05) is 31.4 Å². The molecule has 7 atom stereocenters. The first-order chi connectivity index (χ1) is 27.0. The normalized spacial score (nSPS) is 18.6. The van der Waals surface area contributed by atoms with Gasteiger partial charge in [0.25, 0.3) is 5.91 Å². The molecule has 1 aliphatic heterocycles. The molecule has 2 amide bonds. The molecule has 4 N–H and O–H groups in total. The van der Waals surface area contributed by atoms with Crippen molar-refractivity contribution in [1.29, 1.82) is 0 Å². The van der Waals surface area contributed by atoms with E-state index < -0.39 is 47.9 Å². The van der Waals surface area contributed by atoms with Crippen LogP contribution in [0.1, 0.15) is 99.5 Å². The number of nitrogens with one attached hydrogen (secondary N) is 3. The number of rotatable bonds is 22. The Balaban J connectivity index is 2.23. The fourth-order valence-corrected chi connectivity index (χ4v) is 6.52. The highest BCUT2D eigenvalue weighted by molar-refractivity contribution is 5.90. The molecule has 0 aliphatic carbocycles. The van der Waals surface area contributed by atoms with E-state index >= 15 is 0 Å². The molecule has 2 rings (SSSR count). The van der Waals surface area contributed by atoms with E-state index in [0.29, 0.717) is 44.2 Å². The Bertz CT molecular complexity index is 1550. The summed E-state index contributed by atoms with van der Waals surface area (Å²) in [6, 6.07) is 7.27. The number of nitrogens with zero attached hydrogens (tertiary/aromatic N) is 1. The van der Waals surface area contributed by atoms with Crippen molar-refractivity contribution in [3.63, 3.8) is 0 Å². The zero-order valence-electron chi connectivity index (χ0n) is 35.5. The van der Waals surface area contributed by atoms with Crippen molar-refractivity contribution in [2.75, 3.05) is 13.6 Å². The number of hydrogen-bond acceptors (Lipinski definition) is 10. The van der Waals surface area contributed by atoms with Crippen LogP contribution in [0.25, 0.3) is 0 Å². The van der Waals surface area contributed by atoms with Crippen molar-refractivity contribution in [3.8, 4) is 0 Å². The van der Waals surface area contributed by atoms with Crippen molar-refractivity contribution in [2.24, 2.45) is 17.8 Å². The van der Waals surface area contributed by atoms with Gasteiger partial charge in [0.2, 0.25) is 5.91 Å². The summed E-state index contributed by atoms with van der Waals surface area (Å²) >= 11 is 0. The number of benzene rings is 1. The van der Waals surface area contributed by atoms with Crippen LogP contribution >= 0.6 is 0 Å². The first kappa shape index (κ1) is 48.8. The first-order valence-corrected chi connectivity index (χ1v) is 20.3. The fraction of sp³-hybridized carbons (Fsp3) is 0.578. The molecule has 12 heteroatoms. The fourth-order valence-electron chi connectivity index (χ4n) is 6.52. The summed E-state index contributed by atoms with van der Waals surface area (Å²) in [6.07, 6.45) is 15.1. The van der Waals surface area contributed by atoms with Gasteiger partial charge in [-0.1, -0.05) is 101 Å². The third-order valence-corrected chi connectivity index (χ3v) is 9.72. The number of allylic oxidation sites excluding steroid dienone is 5. The lowest BCUT2D eigenvalue weighted by Crippen LogP contribution is -2.61. The molecule has 57 heavy (non-hydrogen) atoms. The van der Waals surface area contributed by atoms with E-state index in [0.717, 1.165) is 18.3 Å². The lowest BCUT2D eigenvalue weighted by Gasteiger charge is -2.36. The maximum absolute atomic E-state index is 14.0. The van der Waals surface area contributed by atoms with Gasteiger partial charge in [-0.15, -0.1) is 0 Å². The second kappa shape index (κ2) is 25.1. The van der Waals surface area contributed by atoms with Crippen LogP contribution in [0.15, 0.2) is 78.4 Å². The van der Waals surface area contributed by atoms with Gasteiger partial charge in [-0.3, -0.25) is 19.4 Å². The number of aliphatic hydroxyl groups is 1. The molecule has 12 nitrogen and oxygen atoms in total. The van der Waals surface area contributed by atoms with Gasteiger partial charge in [0.15, 0.2) is 0 Å².